The van der Waals surface area contributed by atoms with Crippen molar-refractivity contribution in [2.45, 2.75) is 39.3 Å². The number of amides is 1. The third-order valence-electron chi connectivity index (χ3n) is 5.41. The second-order valence-corrected chi connectivity index (χ2v) is 9.62. The number of anilines is 1. The summed E-state index contributed by atoms with van der Waals surface area (Å²) >= 11 is 0. The van der Waals surface area contributed by atoms with Gasteiger partial charge in [0.05, 0.1) is 25.1 Å². The highest BCUT2D eigenvalue weighted by Gasteiger charge is 2.31. The largest absolute Gasteiger partial charge is 0.496 e. The lowest BCUT2D eigenvalue weighted by Crippen LogP contribution is -2.48. The Balaban J connectivity index is 1.85. The van der Waals surface area contributed by atoms with Crippen molar-refractivity contribution < 1.29 is 27.4 Å². The molecule has 1 aliphatic heterocycles. The Kier molecular flexibility index (Phi) is 7.18. The molecule has 1 amide bonds. The molecule has 8 nitrogen and oxygen atoms in total. The van der Waals surface area contributed by atoms with E-state index in [1.165, 1.54) is 0 Å². The van der Waals surface area contributed by atoms with E-state index in [0.29, 0.717) is 36.8 Å². The van der Waals surface area contributed by atoms with Crippen molar-refractivity contribution in [1.29, 1.82) is 0 Å². The maximum atomic E-state index is 13.1. The predicted octanol–water partition coefficient (Wildman–Crippen LogP) is 3.20. The van der Waals surface area contributed by atoms with Crippen LogP contribution in [0.2, 0.25) is 0 Å². The first-order valence-corrected chi connectivity index (χ1v) is 12.3. The van der Waals surface area contributed by atoms with Gasteiger partial charge >= 0.3 is 0 Å². The van der Waals surface area contributed by atoms with Gasteiger partial charge in [0.25, 0.3) is 0 Å². The fourth-order valence-electron chi connectivity index (χ4n) is 3.81. The number of nitrogens with zero attached hydrogens (tertiary/aromatic N) is 1. The lowest BCUT2D eigenvalue weighted by Gasteiger charge is -2.30. The molecule has 2 aromatic carbocycles. The predicted molar refractivity (Wildman–Crippen MR) is 123 cm³/mol. The van der Waals surface area contributed by atoms with Gasteiger partial charge in [-0.25, -0.2) is 8.42 Å². The van der Waals surface area contributed by atoms with Gasteiger partial charge in [-0.1, -0.05) is 19.1 Å². The van der Waals surface area contributed by atoms with Crippen LogP contribution < -0.4 is 23.8 Å². The highest BCUT2D eigenvalue weighted by atomic mass is 32.2. The number of sulfonamides is 1. The molecule has 0 saturated heterocycles. The molecule has 9 heteroatoms. The fourth-order valence-corrected chi connectivity index (χ4v) is 4.98. The monoisotopic (exact) mass is 462 g/mol. The average Bonchev–Trinajstić information content (AvgIpc) is 2.76. The molecule has 2 atom stereocenters. The molecule has 1 N–H and O–H groups in total. The molecule has 3 rings (SSSR count). The van der Waals surface area contributed by atoms with E-state index in [4.69, 9.17) is 14.2 Å². The molecular formula is C23H30N2O6S. The van der Waals surface area contributed by atoms with E-state index in [2.05, 4.69) is 5.32 Å². The molecule has 0 bridgehead atoms. The minimum absolute atomic E-state index is 0.267. The molecule has 0 aliphatic carbocycles. The van der Waals surface area contributed by atoms with Gasteiger partial charge in [0.1, 0.15) is 25.0 Å². The van der Waals surface area contributed by atoms with Crippen LogP contribution in [0.3, 0.4) is 0 Å². The molecule has 32 heavy (non-hydrogen) atoms. The summed E-state index contributed by atoms with van der Waals surface area (Å²) in [4.78, 5) is 13.1. The van der Waals surface area contributed by atoms with Crippen molar-refractivity contribution >= 4 is 21.6 Å². The molecule has 174 valence electrons. The third-order valence-corrected chi connectivity index (χ3v) is 6.66. The second-order valence-electron chi connectivity index (χ2n) is 7.76. The van der Waals surface area contributed by atoms with E-state index < -0.39 is 22.0 Å². The van der Waals surface area contributed by atoms with E-state index in [1.54, 1.807) is 32.2 Å². The van der Waals surface area contributed by atoms with Gasteiger partial charge in [0.2, 0.25) is 15.9 Å². The smallest absolute Gasteiger partial charge is 0.244 e. The van der Waals surface area contributed by atoms with Crippen LogP contribution in [0.4, 0.5) is 5.69 Å². The van der Waals surface area contributed by atoms with E-state index in [-0.39, 0.29) is 6.04 Å². The Morgan fingerprint density at radius 1 is 1.16 bits per heavy atom. The van der Waals surface area contributed by atoms with Crippen LogP contribution in [0.1, 0.15) is 37.4 Å². The van der Waals surface area contributed by atoms with Crippen LogP contribution in [0.25, 0.3) is 0 Å². The van der Waals surface area contributed by atoms with Crippen molar-refractivity contribution in [3.8, 4) is 17.2 Å². The Bertz CT molecular complexity index is 1090. The molecule has 1 aliphatic rings. The molecule has 0 fully saturated rings. The maximum absolute atomic E-state index is 13.1. The van der Waals surface area contributed by atoms with Gasteiger partial charge in [-0.2, -0.15) is 0 Å². The summed E-state index contributed by atoms with van der Waals surface area (Å²) in [5, 5.41) is 2.99. The Morgan fingerprint density at radius 2 is 1.84 bits per heavy atom. The van der Waals surface area contributed by atoms with Crippen molar-refractivity contribution in [2.75, 3.05) is 30.9 Å². The summed E-state index contributed by atoms with van der Waals surface area (Å²) < 4.78 is 42.8. The van der Waals surface area contributed by atoms with Crippen molar-refractivity contribution in [3.05, 3.63) is 47.5 Å². The van der Waals surface area contributed by atoms with E-state index in [1.807, 2.05) is 32.0 Å². The number of aryl methyl sites for hydroxylation is 1. The molecule has 0 saturated carbocycles. The van der Waals surface area contributed by atoms with Gasteiger partial charge in [0.15, 0.2) is 11.5 Å². The highest BCUT2D eigenvalue weighted by Crippen LogP contribution is 2.35. The molecule has 0 spiro atoms. The number of fused-ring (bicyclic) bond motifs is 1. The number of rotatable bonds is 8. The van der Waals surface area contributed by atoms with Gasteiger partial charge in [-0.3, -0.25) is 9.10 Å². The maximum Gasteiger partial charge on any atom is 0.244 e. The number of methoxy groups -OCH3 is 1. The molecule has 0 unspecified atom stereocenters. The van der Waals surface area contributed by atoms with E-state index >= 15 is 0 Å². The minimum atomic E-state index is -3.75. The topological polar surface area (TPSA) is 94.2 Å². The molecule has 2 aromatic rings. The van der Waals surface area contributed by atoms with Gasteiger partial charge in [0, 0.05) is 6.07 Å². The number of hydrogen-bond donors (Lipinski definition) is 1. The first-order chi connectivity index (χ1) is 15.2. The highest BCUT2D eigenvalue weighted by molar-refractivity contribution is 7.92. The zero-order valence-electron chi connectivity index (χ0n) is 19.0. The van der Waals surface area contributed by atoms with E-state index in [9.17, 15) is 13.2 Å². The van der Waals surface area contributed by atoms with E-state index in [0.717, 1.165) is 27.4 Å². The number of carbonyl (C=O) groups is 1. The van der Waals surface area contributed by atoms with Crippen LogP contribution in [0.5, 0.6) is 17.2 Å². The lowest BCUT2D eigenvalue weighted by molar-refractivity contribution is -0.122. The molecule has 0 radical (unpaired) electrons. The fraction of sp³-hybridized carbons (Fsp3) is 0.435. The zero-order chi connectivity index (χ0) is 23.5. The number of nitrogens with one attached hydrogen (secondary N) is 1. The van der Waals surface area contributed by atoms with Crippen LogP contribution in [-0.4, -0.2) is 46.9 Å². The summed E-state index contributed by atoms with van der Waals surface area (Å²) in [5.41, 5.74) is 2.23. The first-order valence-electron chi connectivity index (χ1n) is 10.5. The third kappa shape index (κ3) is 5.09. The molecular weight excluding hydrogens is 432 g/mol. The number of hydrogen-bond acceptors (Lipinski definition) is 6. The summed E-state index contributed by atoms with van der Waals surface area (Å²) in [6.07, 6.45) is 1.73. The number of ether oxygens (including phenoxy) is 3. The quantitative estimate of drug-likeness (QED) is 0.648. The second kappa shape index (κ2) is 9.68. The van der Waals surface area contributed by atoms with Crippen LogP contribution in [-0.2, 0) is 14.8 Å². The van der Waals surface area contributed by atoms with Gasteiger partial charge in [-0.05, 0) is 49.6 Å². The Hall–Kier alpha value is -2.94. The Morgan fingerprint density at radius 3 is 2.44 bits per heavy atom. The van der Waals surface area contributed by atoms with Crippen LogP contribution >= 0.6 is 0 Å². The normalized spacial score (nSPS) is 14.9. The van der Waals surface area contributed by atoms with Crippen molar-refractivity contribution in [2.24, 2.45) is 0 Å². The SMILES string of the molecule is CC[C@H](NC(=O)[C@H](C)N(c1ccc2c(c1)OCCO2)S(C)(=O)=O)c1ccc(OC)c(C)c1. The summed E-state index contributed by atoms with van der Waals surface area (Å²) in [7, 11) is -2.14. The van der Waals surface area contributed by atoms with Crippen molar-refractivity contribution in [3.63, 3.8) is 0 Å². The number of benzene rings is 2. The van der Waals surface area contributed by atoms with Gasteiger partial charge in [-0.15, -0.1) is 0 Å². The Labute approximate surface area is 189 Å². The zero-order valence-corrected chi connectivity index (χ0v) is 19.9. The lowest BCUT2D eigenvalue weighted by atomic mass is 10.0. The summed E-state index contributed by atoms with van der Waals surface area (Å²) in [6.45, 7) is 6.28. The summed E-state index contributed by atoms with van der Waals surface area (Å²) in [6, 6.07) is 9.35. The number of carbonyl (C=O) groups excluding carboxylic acids is 1. The van der Waals surface area contributed by atoms with Crippen LogP contribution in [0, 0.1) is 6.92 Å². The van der Waals surface area contributed by atoms with Gasteiger partial charge < -0.3 is 19.5 Å². The van der Waals surface area contributed by atoms with Crippen molar-refractivity contribution in [1.82, 2.24) is 5.32 Å². The first kappa shape index (κ1) is 23.7. The minimum Gasteiger partial charge on any atom is -0.496 e. The van der Waals surface area contributed by atoms with Crippen LogP contribution in [0.15, 0.2) is 36.4 Å². The summed E-state index contributed by atoms with van der Waals surface area (Å²) in [5.74, 6) is 1.37. The molecule has 1 heterocycles. The average molecular weight is 463 g/mol. The standard InChI is InChI=1S/C23H30N2O6S/c1-6-19(17-7-9-20(29-4)15(2)13-17)24-23(26)16(3)25(32(5,27)28)18-8-10-21-22(14-18)31-12-11-30-21/h7-10,13-14,16,19H,6,11-12H2,1-5H3,(H,24,26)/t16-,19-/m0/s1. The molecule has 0 aromatic heterocycles.